The number of benzene rings is 7. The van der Waals surface area contributed by atoms with Crippen LogP contribution in [0.5, 0.6) is 0 Å². The molecule has 0 aliphatic carbocycles. The molecule has 0 bridgehead atoms. The summed E-state index contributed by atoms with van der Waals surface area (Å²) < 4.78 is 8.89. The van der Waals surface area contributed by atoms with Crippen LogP contribution >= 0.6 is 0 Å². The minimum absolute atomic E-state index is 0.612. The zero-order chi connectivity index (χ0) is 29.7. The van der Waals surface area contributed by atoms with E-state index in [-0.39, 0.29) is 0 Å². The van der Waals surface area contributed by atoms with Crippen LogP contribution in [0, 0.1) is 0 Å². The highest BCUT2D eigenvalue weighted by molar-refractivity contribution is 6.19. The molecule has 0 saturated carbocycles. The van der Waals surface area contributed by atoms with E-state index in [1.807, 2.05) is 48.5 Å². The van der Waals surface area contributed by atoms with Crippen LogP contribution in [0.4, 0.5) is 17.1 Å². The highest BCUT2D eigenvalue weighted by Crippen LogP contribution is 2.43. The van der Waals surface area contributed by atoms with Gasteiger partial charge in [-0.1, -0.05) is 97.1 Å². The maximum atomic E-state index is 6.50. The van der Waals surface area contributed by atoms with Crippen LogP contribution in [0.25, 0.3) is 60.8 Å². The predicted molar refractivity (Wildman–Crippen MR) is 186 cm³/mol. The first-order valence-corrected chi connectivity index (χ1v) is 15.1. The van der Waals surface area contributed by atoms with E-state index in [1.54, 1.807) is 0 Å². The molecule has 4 nitrogen and oxygen atoms in total. The van der Waals surface area contributed by atoms with E-state index in [0.717, 1.165) is 44.8 Å². The van der Waals surface area contributed by atoms with Gasteiger partial charge in [-0.3, -0.25) is 0 Å². The van der Waals surface area contributed by atoms with Crippen LogP contribution in [-0.4, -0.2) is 9.55 Å². The van der Waals surface area contributed by atoms with Gasteiger partial charge in [0.15, 0.2) is 5.58 Å². The summed E-state index contributed by atoms with van der Waals surface area (Å²) in [6.07, 6.45) is 0. The Morgan fingerprint density at radius 3 is 2.07 bits per heavy atom. The Morgan fingerprint density at radius 1 is 0.533 bits per heavy atom. The Morgan fingerprint density at radius 2 is 1.24 bits per heavy atom. The lowest BCUT2D eigenvalue weighted by Gasteiger charge is -2.25. The van der Waals surface area contributed by atoms with Crippen LogP contribution in [0.1, 0.15) is 0 Å². The first-order chi connectivity index (χ1) is 22.3. The molecule has 0 aliphatic rings. The second-order valence-corrected chi connectivity index (χ2v) is 11.2. The number of hydrogen-bond acceptors (Lipinski definition) is 3. The quantitative estimate of drug-likeness (QED) is 0.204. The van der Waals surface area contributed by atoms with Crippen molar-refractivity contribution >= 4 is 60.7 Å². The predicted octanol–water partition coefficient (Wildman–Crippen LogP) is 11.2. The van der Waals surface area contributed by atoms with E-state index in [9.17, 15) is 0 Å². The SMILES string of the molecule is c1ccc(-c2nc3cccc(N(c4ccccc4)c4ccc5c(ccc6c7ccccc7n(-c7ccccc7)c56)c4)c3o2)cc1. The Hall–Kier alpha value is -6.13. The van der Waals surface area contributed by atoms with Gasteiger partial charge >= 0.3 is 0 Å². The highest BCUT2D eigenvalue weighted by Gasteiger charge is 2.21. The molecule has 0 saturated heterocycles. The molecule has 0 fully saturated rings. The molecular formula is C41H27N3O. The minimum Gasteiger partial charge on any atom is -0.434 e. The third-order valence-corrected chi connectivity index (χ3v) is 8.58. The van der Waals surface area contributed by atoms with Crippen molar-refractivity contribution in [2.24, 2.45) is 0 Å². The third kappa shape index (κ3) is 4.11. The van der Waals surface area contributed by atoms with Crippen molar-refractivity contribution in [2.45, 2.75) is 0 Å². The fourth-order valence-electron chi connectivity index (χ4n) is 6.58. The summed E-state index contributed by atoms with van der Waals surface area (Å²) in [5, 5.41) is 4.86. The lowest BCUT2D eigenvalue weighted by molar-refractivity contribution is 0.620. The fourth-order valence-corrected chi connectivity index (χ4v) is 6.58. The zero-order valence-corrected chi connectivity index (χ0v) is 24.3. The summed E-state index contributed by atoms with van der Waals surface area (Å²) in [7, 11) is 0. The highest BCUT2D eigenvalue weighted by atomic mass is 16.3. The van der Waals surface area contributed by atoms with Gasteiger partial charge < -0.3 is 13.9 Å². The number of hydrogen-bond donors (Lipinski definition) is 0. The molecular weight excluding hydrogens is 550 g/mol. The number of rotatable bonds is 5. The van der Waals surface area contributed by atoms with Gasteiger partial charge in [0.05, 0.1) is 16.7 Å². The molecule has 45 heavy (non-hydrogen) atoms. The number of fused-ring (bicyclic) bond motifs is 6. The van der Waals surface area contributed by atoms with Gasteiger partial charge in [0.25, 0.3) is 0 Å². The Bertz CT molecular complexity index is 2480. The number of aromatic nitrogens is 2. The van der Waals surface area contributed by atoms with Gasteiger partial charge in [0.2, 0.25) is 5.89 Å². The Balaban J connectivity index is 1.28. The van der Waals surface area contributed by atoms with E-state index in [2.05, 4.69) is 125 Å². The lowest BCUT2D eigenvalue weighted by atomic mass is 10.0. The summed E-state index contributed by atoms with van der Waals surface area (Å²) >= 11 is 0. The van der Waals surface area contributed by atoms with E-state index < -0.39 is 0 Å². The van der Waals surface area contributed by atoms with Gasteiger partial charge in [-0.05, 0) is 72.1 Å². The molecule has 0 amide bonds. The third-order valence-electron chi connectivity index (χ3n) is 8.58. The molecule has 2 aromatic heterocycles. The molecule has 0 atom stereocenters. The monoisotopic (exact) mass is 577 g/mol. The molecule has 4 heteroatoms. The smallest absolute Gasteiger partial charge is 0.227 e. The first-order valence-electron chi connectivity index (χ1n) is 15.1. The number of para-hydroxylation sites is 4. The van der Waals surface area contributed by atoms with Crippen molar-refractivity contribution in [1.82, 2.24) is 9.55 Å². The van der Waals surface area contributed by atoms with Crippen molar-refractivity contribution < 1.29 is 4.42 Å². The summed E-state index contributed by atoms with van der Waals surface area (Å²) in [4.78, 5) is 7.12. The van der Waals surface area contributed by atoms with Crippen LogP contribution in [-0.2, 0) is 0 Å². The second-order valence-electron chi connectivity index (χ2n) is 11.2. The maximum absolute atomic E-state index is 6.50. The summed E-state index contributed by atoms with van der Waals surface area (Å²) in [6, 6.07) is 57.2. The van der Waals surface area contributed by atoms with Crippen molar-refractivity contribution in [3.63, 3.8) is 0 Å². The summed E-state index contributed by atoms with van der Waals surface area (Å²) in [5.74, 6) is 0.612. The van der Waals surface area contributed by atoms with Crippen LogP contribution in [0.3, 0.4) is 0 Å². The van der Waals surface area contributed by atoms with Crippen molar-refractivity contribution in [2.75, 3.05) is 4.90 Å². The maximum Gasteiger partial charge on any atom is 0.227 e. The van der Waals surface area contributed by atoms with Crippen molar-refractivity contribution in [1.29, 1.82) is 0 Å². The average molecular weight is 578 g/mol. The first kappa shape index (κ1) is 25.4. The molecule has 212 valence electrons. The van der Waals surface area contributed by atoms with Gasteiger partial charge in [-0.25, -0.2) is 4.98 Å². The van der Waals surface area contributed by atoms with Crippen LogP contribution < -0.4 is 4.90 Å². The van der Waals surface area contributed by atoms with Gasteiger partial charge in [0.1, 0.15) is 5.52 Å². The largest absolute Gasteiger partial charge is 0.434 e. The molecule has 0 aliphatic heterocycles. The molecule has 0 spiro atoms. The second kappa shape index (κ2) is 10.2. The fraction of sp³-hybridized carbons (Fsp3) is 0. The molecule has 9 rings (SSSR count). The minimum atomic E-state index is 0.612. The molecule has 7 aromatic carbocycles. The summed E-state index contributed by atoms with van der Waals surface area (Å²) in [6.45, 7) is 0. The topological polar surface area (TPSA) is 34.2 Å². The van der Waals surface area contributed by atoms with Gasteiger partial charge in [-0.2, -0.15) is 0 Å². The van der Waals surface area contributed by atoms with E-state index in [1.165, 1.54) is 27.2 Å². The number of anilines is 3. The van der Waals surface area contributed by atoms with Crippen molar-refractivity contribution in [3.05, 3.63) is 164 Å². The molecule has 0 radical (unpaired) electrons. The van der Waals surface area contributed by atoms with Crippen LogP contribution in [0.2, 0.25) is 0 Å². The molecule has 9 aromatic rings. The van der Waals surface area contributed by atoms with E-state index in [0.29, 0.717) is 5.89 Å². The van der Waals surface area contributed by atoms with E-state index in [4.69, 9.17) is 9.40 Å². The average Bonchev–Trinajstić information content (AvgIpc) is 3.70. The Kier molecular flexibility index (Phi) is 5.78. The standard InChI is InChI=1S/C41H27N3O/c1-4-13-28(14-5-1)41-42-36-20-12-22-38(40(36)45-41)43(30-15-6-2-7-16-30)32-24-26-33-29(27-32)23-25-35-34-19-10-11-21-37(34)44(39(33)35)31-17-8-3-9-18-31/h1-27H. The van der Waals surface area contributed by atoms with Crippen LogP contribution in [0.15, 0.2) is 168 Å². The van der Waals surface area contributed by atoms with E-state index >= 15 is 0 Å². The number of nitrogens with zero attached hydrogens (tertiary/aromatic N) is 3. The Labute approximate surface area is 260 Å². The van der Waals surface area contributed by atoms with Gasteiger partial charge in [0, 0.05) is 38.8 Å². The summed E-state index contributed by atoms with van der Waals surface area (Å²) in [5.41, 5.74) is 9.11. The van der Waals surface area contributed by atoms with Gasteiger partial charge in [-0.15, -0.1) is 0 Å². The lowest BCUT2D eigenvalue weighted by Crippen LogP contribution is -2.10. The molecule has 2 heterocycles. The molecule has 0 N–H and O–H groups in total. The molecule has 0 unspecified atom stereocenters. The normalized spacial score (nSPS) is 11.6. The number of oxazole rings is 1. The van der Waals surface area contributed by atoms with Crippen molar-refractivity contribution in [3.8, 4) is 17.1 Å². The zero-order valence-electron chi connectivity index (χ0n) is 24.3.